The number of nitrogens with zero attached hydrogens (tertiary/aromatic N) is 6. The maximum Gasteiger partial charge on any atom is 0.407 e. The minimum absolute atomic E-state index is 0.0508. The molecule has 2 aromatic carbocycles. The summed E-state index contributed by atoms with van der Waals surface area (Å²) in [5.41, 5.74) is 8.12. The van der Waals surface area contributed by atoms with Crippen LogP contribution >= 0.6 is 0 Å². The fourth-order valence-electron chi connectivity index (χ4n) is 5.10. The van der Waals surface area contributed by atoms with Crippen LogP contribution in [0.4, 0.5) is 15.0 Å². The Morgan fingerprint density at radius 2 is 1.76 bits per heavy atom. The molecule has 10 nitrogen and oxygen atoms in total. The van der Waals surface area contributed by atoms with Crippen LogP contribution in [0.3, 0.4) is 0 Å². The molecule has 2 saturated heterocycles. The smallest absolute Gasteiger partial charge is 0.407 e. The molecule has 6 rings (SSSR count). The van der Waals surface area contributed by atoms with Gasteiger partial charge >= 0.3 is 6.09 Å². The molecule has 0 radical (unpaired) electrons. The summed E-state index contributed by atoms with van der Waals surface area (Å²) in [4.78, 5) is 23.0. The van der Waals surface area contributed by atoms with Crippen molar-refractivity contribution in [3.05, 3.63) is 60.9 Å². The molecule has 2 atom stereocenters. The second-order valence-electron chi connectivity index (χ2n) is 9.40. The van der Waals surface area contributed by atoms with Gasteiger partial charge in [0.05, 0.1) is 11.4 Å². The summed E-state index contributed by atoms with van der Waals surface area (Å²) in [5.74, 6) is 1.70. The number of aromatic nitrogens is 4. The van der Waals surface area contributed by atoms with Crippen molar-refractivity contribution in [1.82, 2.24) is 29.5 Å². The fraction of sp³-hybridized carbons (Fsp3) is 0.308. The van der Waals surface area contributed by atoms with E-state index in [1.54, 1.807) is 4.68 Å². The Bertz CT molecular complexity index is 1420. The number of carboxylic acid groups (broad SMARTS) is 1. The topological polar surface area (TPSA) is 123 Å². The van der Waals surface area contributed by atoms with Crippen molar-refractivity contribution in [2.24, 2.45) is 0 Å². The molecule has 1 amide bonds. The van der Waals surface area contributed by atoms with Crippen LogP contribution in [0, 0.1) is 0 Å². The lowest BCUT2D eigenvalue weighted by Crippen LogP contribution is -2.63. The molecule has 2 aliphatic rings. The van der Waals surface area contributed by atoms with E-state index in [0.717, 1.165) is 11.3 Å². The van der Waals surface area contributed by atoms with E-state index in [-0.39, 0.29) is 18.4 Å². The molecular weight excluding hydrogens is 477 g/mol. The summed E-state index contributed by atoms with van der Waals surface area (Å²) in [6, 6.07) is 16.5. The number of benzene rings is 2. The van der Waals surface area contributed by atoms with Crippen molar-refractivity contribution in [1.29, 1.82) is 0 Å². The highest BCUT2D eigenvalue weighted by atomic mass is 19.1. The summed E-state index contributed by atoms with van der Waals surface area (Å²) in [6.07, 6.45) is -0.237. The molecule has 0 saturated carbocycles. The highest BCUT2D eigenvalue weighted by Crippen LogP contribution is 2.36. The Balaban J connectivity index is 1.26. The lowest BCUT2D eigenvalue weighted by molar-refractivity contribution is -0.00565. The number of rotatable bonds is 5. The number of ether oxygens (including phenoxy) is 1. The Hall–Kier alpha value is -4.25. The van der Waals surface area contributed by atoms with E-state index in [1.807, 2.05) is 59.5 Å². The largest absolute Gasteiger partial charge is 0.465 e. The molecule has 4 heterocycles. The van der Waals surface area contributed by atoms with Crippen molar-refractivity contribution in [2.45, 2.75) is 24.7 Å². The molecule has 2 unspecified atom stereocenters. The van der Waals surface area contributed by atoms with Gasteiger partial charge in [0, 0.05) is 37.8 Å². The van der Waals surface area contributed by atoms with Gasteiger partial charge in [-0.1, -0.05) is 18.2 Å². The van der Waals surface area contributed by atoms with Gasteiger partial charge in [0.25, 0.3) is 0 Å². The van der Waals surface area contributed by atoms with Crippen LogP contribution in [-0.4, -0.2) is 79.1 Å². The molecule has 2 fully saturated rings. The first-order valence-electron chi connectivity index (χ1n) is 12.2. The monoisotopic (exact) mass is 503 g/mol. The zero-order valence-corrected chi connectivity index (χ0v) is 19.9. The summed E-state index contributed by atoms with van der Waals surface area (Å²) in [7, 11) is 0. The number of likely N-dealkylation sites (tertiary alicyclic amines) is 2. The third-order valence-corrected chi connectivity index (χ3v) is 7.13. The quantitative estimate of drug-likeness (QED) is 0.422. The van der Waals surface area contributed by atoms with Crippen LogP contribution in [0.25, 0.3) is 22.3 Å². The molecule has 0 bridgehead atoms. The molecule has 0 aliphatic carbocycles. The van der Waals surface area contributed by atoms with Gasteiger partial charge in [-0.25, -0.2) is 23.8 Å². The van der Waals surface area contributed by atoms with Crippen molar-refractivity contribution in [3.63, 3.8) is 0 Å². The van der Waals surface area contributed by atoms with Crippen molar-refractivity contribution >= 4 is 22.9 Å². The molecule has 190 valence electrons. The summed E-state index contributed by atoms with van der Waals surface area (Å²) in [6.45, 7) is 1.68. The number of para-hydroxylation sites is 1. The van der Waals surface area contributed by atoms with Gasteiger partial charge in [-0.3, -0.25) is 4.90 Å². The summed E-state index contributed by atoms with van der Waals surface area (Å²) < 4.78 is 23.1. The standard InChI is InChI=1S/C26H26FN7O3/c27-20-14-32(17-12-33(13-17)26(35)36)11-10-21(20)34-25-22(24(28)29-15-30-25)23(31-34)16-6-8-19(9-7-16)37-18-4-2-1-3-5-18/h1-9,15,17,20-21H,10-14H2,(H,35,36)(H2,28,29,30). The number of carbonyl (C=O) groups is 1. The Morgan fingerprint density at radius 1 is 1.03 bits per heavy atom. The maximum atomic E-state index is 15.5. The SMILES string of the molecule is Nc1ncnc2c1c(-c1ccc(Oc3ccccc3)cc1)nn2C1CCN(C2CN(C(=O)O)C2)CC1F. The number of hydrogen-bond donors (Lipinski definition) is 2. The van der Waals surface area contributed by atoms with Gasteiger partial charge in [0.15, 0.2) is 5.65 Å². The average molecular weight is 504 g/mol. The predicted octanol–water partition coefficient (Wildman–Crippen LogP) is 3.81. The van der Waals surface area contributed by atoms with Gasteiger partial charge < -0.3 is 20.5 Å². The lowest BCUT2D eigenvalue weighted by Gasteiger charge is -2.47. The number of amides is 1. The highest BCUT2D eigenvalue weighted by molar-refractivity contribution is 5.98. The number of anilines is 1. The number of hydrogen-bond acceptors (Lipinski definition) is 7. The van der Waals surface area contributed by atoms with Crippen LogP contribution in [0.5, 0.6) is 11.5 Å². The molecule has 0 spiro atoms. The average Bonchev–Trinajstić information content (AvgIpc) is 3.25. The zero-order valence-electron chi connectivity index (χ0n) is 19.9. The number of nitrogen functional groups attached to an aromatic ring is 1. The minimum Gasteiger partial charge on any atom is -0.465 e. The lowest BCUT2D eigenvalue weighted by atomic mass is 9.98. The number of piperidine rings is 1. The van der Waals surface area contributed by atoms with Crippen LogP contribution in [0.15, 0.2) is 60.9 Å². The van der Waals surface area contributed by atoms with Gasteiger partial charge in [-0.2, -0.15) is 5.10 Å². The highest BCUT2D eigenvalue weighted by Gasteiger charge is 2.40. The van der Waals surface area contributed by atoms with Crippen molar-refractivity contribution in [3.8, 4) is 22.8 Å². The van der Waals surface area contributed by atoms with Gasteiger partial charge in [0.1, 0.15) is 35.5 Å². The number of nitrogens with two attached hydrogens (primary N) is 1. The molecule has 37 heavy (non-hydrogen) atoms. The fourth-order valence-corrected chi connectivity index (χ4v) is 5.10. The Labute approximate surface area is 212 Å². The van der Waals surface area contributed by atoms with Crippen LogP contribution in [-0.2, 0) is 0 Å². The second kappa shape index (κ2) is 9.32. The number of halogens is 1. The van der Waals surface area contributed by atoms with Crippen molar-refractivity contribution < 1.29 is 19.0 Å². The first-order chi connectivity index (χ1) is 18.0. The second-order valence-corrected chi connectivity index (χ2v) is 9.40. The minimum atomic E-state index is -1.19. The third-order valence-electron chi connectivity index (χ3n) is 7.13. The molecule has 2 aromatic heterocycles. The first kappa shape index (κ1) is 23.2. The van der Waals surface area contributed by atoms with E-state index in [1.165, 1.54) is 11.2 Å². The van der Waals surface area contributed by atoms with Gasteiger partial charge in [-0.15, -0.1) is 0 Å². The van der Waals surface area contributed by atoms with E-state index in [9.17, 15) is 4.79 Å². The summed E-state index contributed by atoms with van der Waals surface area (Å²) >= 11 is 0. The molecular formula is C26H26FN7O3. The van der Waals surface area contributed by atoms with Gasteiger partial charge in [0.2, 0.25) is 0 Å². The number of fused-ring (bicyclic) bond motifs is 1. The Kier molecular flexibility index (Phi) is 5.84. The van der Waals surface area contributed by atoms with E-state index >= 15 is 4.39 Å². The third kappa shape index (κ3) is 4.31. The molecule has 4 aromatic rings. The van der Waals surface area contributed by atoms with E-state index < -0.39 is 18.3 Å². The predicted molar refractivity (Wildman–Crippen MR) is 135 cm³/mol. The van der Waals surface area contributed by atoms with Crippen LogP contribution in [0.2, 0.25) is 0 Å². The van der Waals surface area contributed by atoms with Crippen molar-refractivity contribution in [2.75, 3.05) is 31.9 Å². The molecule has 11 heteroatoms. The van der Waals surface area contributed by atoms with E-state index in [4.69, 9.17) is 20.7 Å². The molecule has 2 aliphatic heterocycles. The zero-order chi connectivity index (χ0) is 25.5. The normalized spacial score (nSPS) is 20.6. The molecule has 3 N–H and O–H groups in total. The number of alkyl halides is 1. The van der Waals surface area contributed by atoms with Gasteiger partial charge in [-0.05, 0) is 42.8 Å². The van der Waals surface area contributed by atoms with Crippen LogP contribution in [0.1, 0.15) is 12.5 Å². The van der Waals surface area contributed by atoms with Crippen LogP contribution < -0.4 is 10.5 Å². The summed E-state index contributed by atoms with van der Waals surface area (Å²) in [5, 5.41) is 14.5. The Morgan fingerprint density at radius 3 is 2.46 bits per heavy atom. The van der Waals surface area contributed by atoms with E-state index in [0.29, 0.717) is 48.5 Å². The first-order valence-corrected chi connectivity index (χ1v) is 12.2. The van der Waals surface area contributed by atoms with E-state index in [2.05, 4.69) is 9.97 Å². The maximum absolute atomic E-state index is 15.5.